The van der Waals surface area contributed by atoms with Gasteiger partial charge in [0.2, 0.25) is 6.10 Å². The second-order valence-electron chi connectivity index (χ2n) is 8.02. The summed E-state index contributed by atoms with van der Waals surface area (Å²) in [7, 11) is 0. The van der Waals surface area contributed by atoms with Gasteiger partial charge in [-0.05, 0) is 35.6 Å². The van der Waals surface area contributed by atoms with E-state index in [0.717, 1.165) is 11.8 Å². The highest BCUT2D eigenvalue weighted by molar-refractivity contribution is 5.87. The molecular formula is C21H23N3O6. The predicted octanol–water partition coefficient (Wildman–Crippen LogP) is 3.20. The average molecular weight is 413 g/mol. The minimum absolute atomic E-state index is 0.0182. The van der Waals surface area contributed by atoms with Crippen LogP contribution >= 0.6 is 0 Å². The van der Waals surface area contributed by atoms with Gasteiger partial charge in [-0.25, -0.2) is 5.43 Å². The number of hydrogen-bond acceptors (Lipinski definition) is 7. The first kappa shape index (κ1) is 21.1. The molecule has 1 aliphatic heterocycles. The third kappa shape index (κ3) is 4.51. The SMILES string of the molecule is Cc1cc([N+](=O)[O-])cc(C=NNC(=O)C2COc3ccc(C(C)(C)C)cc3O2)c1O. The fourth-order valence-corrected chi connectivity index (χ4v) is 2.90. The molecular weight excluding hydrogens is 390 g/mol. The fourth-order valence-electron chi connectivity index (χ4n) is 2.90. The van der Waals surface area contributed by atoms with Gasteiger partial charge in [0.05, 0.1) is 11.1 Å². The van der Waals surface area contributed by atoms with Crippen LogP contribution in [0.15, 0.2) is 35.4 Å². The van der Waals surface area contributed by atoms with E-state index in [0.29, 0.717) is 17.1 Å². The maximum Gasteiger partial charge on any atom is 0.284 e. The molecule has 0 radical (unpaired) electrons. The van der Waals surface area contributed by atoms with Gasteiger partial charge < -0.3 is 14.6 Å². The lowest BCUT2D eigenvalue weighted by Crippen LogP contribution is -2.42. The average Bonchev–Trinajstić information content (AvgIpc) is 2.69. The predicted molar refractivity (Wildman–Crippen MR) is 110 cm³/mol. The van der Waals surface area contributed by atoms with Crippen molar-refractivity contribution in [2.45, 2.75) is 39.2 Å². The lowest BCUT2D eigenvalue weighted by Gasteiger charge is -2.27. The van der Waals surface area contributed by atoms with Crippen LogP contribution in [0.4, 0.5) is 5.69 Å². The molecule has 9 heteroatoms. The van der Waals surface area contributed by atoms with Crippen LogP contribution in [0.1, 0.15) is 37.5 Å². The minimum atomic E-state index is -0.912. The van der Waals surface area contributed by atoms with Crippen molar-refractivity contribution in [3.63, 3.8) is 0 Å². The van der Waals surface area contributed by atoms with Gasteiger partial charge in [-0.1, -0.05) is 26.8 Å². The summed E-state index contributed by atoms with van der Waals surface area (Å²) in [6.45, 7) is 7.77. The Hall–Kier alpha value is -3.62. The number of nitro benzene ring substituents is 1. The van der Waals surface area contributed by atoms with Crippen molar-refractivity contribution in [2.24, 2.45) is 5.10 Å². The standard InChI is InChI=1S/C21H23N3O6/c1-12-7-15(24(27)28)8-13(19(12)25)10-22-23-20(26)18-11-29-16-6-5-14(21(2,3)4)9-17(16)30-18/h5-10,18,25H,11H2,1-4H3,(H,23,26). The molecule has 0 saturated carbocycles. The Labute approximate surface area is 173 Å². The van der Waals surface area contributed by atoms with Gasteiger partial charge >= 0.3 is 0 Å². The highest BCUT2D eigenvalue weighted by atomic mass is 16.6. The summed E-state index contributed by atoms with van der Waals surface area (Å²) >= 11 is 0. The van der Waals surface area contributed by atoms with Crippen LogP contribution in [-0.2, 0) is 10.2 Å². The van der Waals surface area contributed by atoms with E-state index < -0.39 is 16.9 Å². The van der Waals surface area contributed by atoms with Crippen LogP contribution in [0, 0.1) is 17.0 Å². The number of hydrogen-bond donors (Lipinski definition) is 2. The Bertz CT molecular complexity index is 1030. The Morgan fingerprint density at radius 3 is 2.70 bits per heavy atom. The summed E-state index contributed by atoms with van der Waals surface area (Å²) < 4.78 is 11.4. The molecule has 0 bridgehead atoms. The molecule has 9 nitrogen and oxygen atoms in total. The molecule has 30 heavy (non-hydrogen) atoms. The summed E-state index contributed by atoms with van der Waals surface area (Å²) in [6, 6.07) is 8.04. The molecule has 158 valence electrons. The van der Waals surface area contributed by atoms with E-state index in [1.54, 1.807) is 0 Å². The summed E-state index contributed by atoms with van der Waals surface area (Å²) in [5.74, 6) is 0.344. The van der Waals surface area contributed by atoms with Gasteiger partial charge in [0, 0.05) is 17.7 Å². The number of fused-ring (bicyclic) bond motifs is 1. The van der Waals surface area contributed by atoms with Gasteiger partial charge in [-0.2, -0.15) is 5.10 Å². The number of nitrogens with zero attached hydrogens (tertiary/aromatic N) is 2. The first-order valence-corrected chi connectivity index (χ1v) is 9.31. The van der Waals surface area contributed by atoms with Crippen molar-refractivity contribution >= 4 is 17.8 Å². The van der Waals surface area contributed by atoms with Crippen molar-refractivity contribution in [3.8, 4) is 17.2 Å². The molecule has 1 unspecified atom stereocenters. The second-order valence-corrected chi connectivity index (χ2v) is 8.02. The highest BCUT2D eigenvalue weighted by Crippen LogP contribution is 2.36. The van der Waals surface area contributed by atoms with E-state index in [4.69, 9.17) is 9.47 Å². The van der Waals surface area contributed by atoms with Crippen molar-refractivity contribution in [2.75, 3.05) is 6.61 Å². The largest absolute Gasteiger partial charge is 0.507 e. The molecule has 1 heterocycles. The number of hydrazone groups is 1. The quantitative estimate of drug-likeness (QED) is 0.451. The number of phenols is 1. The maximum absolute atomic E-state index is 12.4. The third-order valence-electron chi connectivity index (χ3n) is 4.67. The number of phenolic OH excluding ortho intramolecular Hbond substituents is 1. The van der Waals surface area contributed by atoms with Crippen LogP contribution in [0.25, 0.3) is 0 Å². The zero-order valence-electron chi connectivity index (χ0n) is 17.1. The lowest BCUT2D eigenvalue weighted by atomic mass is 9.87. The Balaban J connectivity index is 1.70. The third-order valence-corrected chi connectivity index (χ3v) is 4.67. The van der Waals surface area contributed by atoms with Crippen LogP contribution < -0.4 is 14.9 Å². The zero-order chi connectivity index (χ0) is 22.1. The van der Waals surface area contributed by atoms with Crippen molar-refractivity contribution < 1.29 is 24.3 Å². The number of benzene rings is 2. The molecule has 3 rings (SSSR count). The molecule has 2 N–H and O–H groups in total. The van der Waals surface area contributed by atoms with Crippen LogP contribution in [0.5, 0.6) is 17.2 Å². The number of ether oxygens (including phenoxy) is 2. The van der Waals surface area contributed by atoms with E-state index in [2.05, 4.69) is 31.3 Å². The molecule has 1 aliphatic rings. The number of aryl methyl sites for hydroxylation is 1. The number of carbonyl (C=O) groups excluding carboxylic acids is 1. The van der Waals surface area contributed by atoms with Crippen molar-refractivity contribution in [1.82, 2.24) is 5.43 Å². The molecule has 1 amide bonds. The number of nitrogens with one attached hydrogen (secondary N) is 1. The topological polar surface area (TPSA) is 123 Å². The Kier molecular flexibility index (Phi) is 5.64. The molecule has 2 aromatic carbocycles. The fraction of sp³-hybridized carbons (Fsp3) is 0.333. The monoisotopic (exact) mass is 413 g/mol. The van der Waals surface area contributed by atoms with E-state index in [-0.39, 0.29) is 29.0 Å². The van der Waals surface area contributed by atoms with E-state index >= 15 is 0 Å². The van der Waals surface area contributed by atoms with E-state index in [9.17, 15) is 20.0 Å². The molecule has 0 spiro atoms. The number of nitro groups is 1. The smallest absolute Gasteiger partial charge is 0.284 e. The maximum atomic E-state index is 12.4. The van der Waals surface area contributed by atoms with E-state index in [1.165, 1.54) is 19.1 Å². The van der Waals surface area contributed by atoms with Crippen LogP contribution in [0.3, 0.4) is 0 Å². The minimum Gasteiger partial charge on any atom is -0.507 e. The number of carbonyl (C=O) groups is 1. The molecule has 0 aromatic heterocycles. The highest BCUT2D eigenvalue weighted by Gasteiger charge is 2.28. The number of rotatable bonds is 4. The van der Waals surface area contributed by atoms with Crippen molar-refractivity contribution in [3.05, 3.63) is 57.1 Å². The first-order chi connectivity index (χ1) is 14.1. The summed E-state index contributed by atoms with van der Waals surface area (Å²) in [4.78, 5) is 22.8. The summed E-state index contributed by atoms with van der Waals surface area (Å²) in [5, 5.41) is 24.8. The molecule has 2 aromatic rings. The first-order valence-electron chi connectivity index (χ1n) is 9.31. The Morgan fingerprint density at radius 2 is 2.03 bits per heavy atom. The van der Waals surface area contributed by atoms with Crippen LogP contribution in [0.2, 0.25) is 0 Å². The van der Waals surface area contributed by atoms with Gasteiger partial charge in [-0.3, -0.25) is 14.9 Å². The molecule has 0 fully saturated rings. The summed E-state index contributed by atoms with van der Waals surface area (Å²) in [5.41, 5.74) is 3.52. The van der Waals surface area contributed by atoms with Gasteiger partial charge in [0.1, 0.15) is 12.4 Å². The number of aromatic hydroxyl groups is 1. The molecule has 0 saturated heterocycles. The molecule has 1 atom stereocenters. The van der Waals surface area contributed by atoms with Gasteiger partial charge in [-0.15, -0.1) is 0 Å². The second kappa shape index (κ2) is 8.02. The summed E-state index contributed by atoms with van der Waals surface area (Å²) in [6.07, 6.45) is 0.230. The van der Waals surface area contributed by atoms with Gasteiger partial charge in [0.25, 0.3) is 11.6 Å². The Morgan fingerprint density at radius 1 is 1.30 bits per heavy atom. The molecule has 0 aliphatic carbocycles. The van der Waals surface area contributed by atoms with Crippen molar-refractivity contribution in [1.29, 1.82) is 0 Å². The zero-order valence-corrected chi connectivity index (χ0v) is 17.1. The van der Waals surface area contributed by atoms with Gasteiger partial charge in [0.15, 0.2) is 11.5 Å². The van der Waals surface area contributed by atoms with Crippen LogP contribution in [-0.4, -0.2) is 34.9 Å². The van der Waals surface area contributed by atoms with E-state index in [1.807, 2.05) is 18.2 Å². The lowest BCUT2D eigenvalue weighted by molar-refractivity contribution is -0.384. The normalized spacial score (nSPS) is 15.8. The number of non-ortho nitro benzene ring substituents is 1. The number of amides is 1.